The molecule has 0 fully saturated rings. The number of ether oxygens (including phenoxy) is 2. The van der Waals surface area contributed by atoms with Crippen molar-refractivity contribution in [2.24, 2.45) is 0 Å². The zero-order valence-electron chi connectivity index (χ0n) is 17.3. The molecule has 1 atom stereocenters. The number of hydrogen-bond acceptors (Lipinski definition) is 7. The van der Waals surface area contributed by atoms with Gasteiger partial charge in [-0.25, -0.2) is 0 Å². The third-order valence-corrected chi connectivity index (χ3v) is 5.98. The molecule has 4 rings (SSSR count). The quantitative estimate of drug-likeness (QED) is 0.571. The van der Waals surface area contributed by atoms with Gasteiger partial charge in [0.1, 0.15) is 0 Å². The minimum Gasteiger partial charge on any atom is -0.454 e. The molecule has 1 aliphatic rings. The van der Waals surface area contributed by atoms with Crippen molar-refractivity contribution in [3.63, 3.8) is 0 Å². The van der Waals surface area contributed by atoms with Gasteiger partial charge >= 0.3 is 0 Å². The Hall–Kier alpha value is -3.33. The second kappa shape index (κ2) is 9.22. The Bertz CT molecular complexity index is 1060. The van der Waals surface area contributed by atoms with Crippen LogP contribution in [0.2, 0.25) is 0 Å². The zero-order chi connectivity index (χ0) is 21.8. The lowest BCUT2D eigenvalue weighted by Crippen LogP contribution is -2.37. The highest BCUT2D eigenvalue weighted by Gasteiger charge is 2.24. The molecule has 0 bridgehead atoms. The second-order valence-electron chi connectivity index (χ2n) is 7.22. The number of carbonyl (C=O) groups is 2. The van der Waals surface area contributed by atoms with Gasteiger partial charge in [0.15, 0.2) is 23.0 Å². The van der Waals surface area contributed by atoms with Crippen molar-refractivity contribution in [2.45, 2.75) is 39.4 Å². The SMILES string of the molecule is CCC(C)N(Cc1cc(C(=O)NCc2ccc3c(c2)OCO3)no1)C(=O)c1cccs1. The number of amides is 2. The Morgan fingerprint density at radius 2 is 2.06 bits per heavy atom. The first kappa shape index (κ1) is 20.9. The number of fused-ring (bicyclic) bond motifs is 1. The molecule has 2 aromatic heterocycles. The van der Waals surface area contributed by atoms with Crippen LogP contribution in [0.4, 0.5) is 0 Å². The van der Waals surface area contributed by atoms with Crippen LogP contribution in [0.3, 0.4) is 0 Å². The molecule has 0 spiro atoms. The van der Waals surface area contributed by atoms with Crippen LogP contribution < -0.4 is 14.8 Å². The molecule has 0 saturated carbocycles. The summed E-state index contributed by atoms with van der Waals surface area (Å²) in [7, 11) is 0. The maximum Gasteiger partial charge on any atom is 0.273 e. The van der Waals surface area contributed by atoms with E-state index in [0.29, 0.717) is 28.7 Å². The molecule has 8 nitrogen and oxygen atoms in total. The molecular formula is C22H23N3O5S. The normalized spacial score (nSPS) is 13.1. The molecule has 0 saturated heterocycles. The second-order valence-corrected chi connectivity index (χ2v) is 8.16. The highest BCUT2D eigenvalue weighted by atomic mass is 32.1. The summed E-state index contributed by atoms with van der Waals surface area (Å²) in [6.45, 7) is 4.77. The van der Waals surface area contributed by atoms with Gasteiger partial charge in [0, 0.05) is 18.7 Å². The number of thiophene rings is 1. The van der Waals surface area contributed by atoms with Crippen molar-refractivity contribution in [2.75, 3.05) is 6.79 Å². The van der Waals surface area contributed by atoms with Crippen LogP contribution in [0.1, 0.15) is 51.8 Å². The monoisotopic (exact) mass is 441 g/mol. The average molecular weight is 442 g/mol. The Morgan fingerprint density at radius 3 is 2.84 bits per heavy atom. The van der Waals surface area contributed by atoms with E-state index in [9.17, 15) is 9.59 Å². The lowest BCUT2D eigenvalue weighted by atomic mass is 10.2. The molecule has 1 aliphatic heterocycles. The van der Waals surface area contributed by atoms with Crippen molar-refractivity contribution in [1.82, 2.24) is 15.4 Å². The number of benzene rings is 1. The van der Waals surface area contributed by atoms with Crippen LogP contribution in [-0.4, -0.2) is 34.7 Å². The van der Waals surface area contributed by atoms with Crippen molar-refractivity contribution < 1.29 is 23.6 Å². The molecule has 1 N–H and O–H groups in total. The first-order valence-electron chi connectivity index (χ1n) is 10.0. The lowest BCUT2D eigenvalue weighted by molar-refractivity contribution is 0.0656. The highest BCUT2D eigenvalue weighted by molar-refractivity contribution is 7.12. The first-order chi connectivity index (χ1) is 15.0. The van der Waals surface area contributed by atoms with Crippen LogP contribution in [0.25, 0.3) is 0 Å². The summed E-state index contributed by atoms with van der Waals surface area (Å²) >= 11 is 1.40. The molecule has 2 amide bonds. The number of carbonyl (C=O) groups excluding carboxylic acids is 2. The molecule has 3 heterocycles. The predicted molar refractivity (Wildman–Crippen MR) is 114 cm³/mol. The number of nitrogens with one attached hydrogen (secondary N) is 1. The van der Waals surface area contributed by atoms with E-state index in [1.165, 1.54) is 11.3 Å². The maximum atomic E-state index is 12.9. The molecule has 1 aromatic carbocycles. The average Bonchev–Trinajstić information content (AvgIpc) is 3.55. The smallest absolute Gasteiger partial charge is 0.273 e. The van der Waals surface area contributed by atoms with Crippen molar-refractivity contribution in [3.05, 3.63) is 63.7 Å². The molecular weight excluding hydrogens is 418 g/mol. The summed E-state index contributed by atoms with van der Waals surface area (Å²) in [6, 6.07) is 10.8. The first-order valence-corrected chi connectivity index (χ1v) is 10.9. The van der Waals surface area contributed by atoms with Gasteiger partial charge in [0.05, 0.1) is 11.4 Å². The van der Waals surface area contributed by atoms with E-state index in [2.05, 4.69) is 10.5 Å². The predicted octanol–water partition coefficient (Wildman–Crippen LogP) is 3.84. The number of nitrogens with zero attached hydrogens (tertiary/aromatic N) is 2. The van der Waals surface area contributed by atoms with E-state index in [1.807, 2.05) is 43.5 Å². The maximum absolute atomic E-state index is 12.9. The van der Waals surface area contributed by atoms with E-state index in [4.69, 9.17) is 14.0 Å². The van der Waals surface area contributed by atoms with Crippen LogP contribution in [0, 0.1) is 0 Å². The van der Waals surface area contributed by atoms with Gasteiger partial charge in [-0.2, -0.15) is 0 Å². The summed E-state index contributed by atoms with van der Waals surface area (Å²) in [5.74, 6) is 1.40. The van der Waals surface area contributed by atoms with Gasteiger partial charge < -0.3 is 24.2 Å². The Morgan fingerprint density at radius 1 is 1.23 bits per heavy atom. The molecule has 0 radical (unpaired) electrons. The molecule has 3 aromatic rings. The fraction of sp³-hybridized carbons (Fsp3) is 0.318. The van der Waals surface area contributed by atoms with Crippen LogP contribution in [0.5, 0.6) is 11.5 Å². The molecule has 1 unspecified atom stereocenters. The summed E-state index contributed by atoms with van der Waals surface area (Å²) in [5.41, 5.74) is 1.05. The van der Waals surface area contributed by atoms with E-state index < -0.39 is 0 Å². The summed E-state index contributed by atoms with van der Waals surface area (Å²) < 4.78 is 16.0. The van der Waals surface area contributed by atoms with Crippen LogP contribution in [0.15, 0.2) is 46.3 Å². The van der Waals surface area contributed by atoms with Gasteiger partial charge in [-0.1, -0.05) is 24.2 Å². The molecule has 9 heteroatoms. The summed E-state index contributed by atoms with van der Waals surface area (Å²) in [5, 5.41) is 8.57. The Balaban J connectivity index is 1.39. The Kier molecular flexibility index (Phi) is 6.22. The third kappa shape index (κ3) is 4.72. The summed E-state index contributed by atoms with van der Waals surface area (Å²) in [6.07, 6.45) is 0.800. The van der Waals surface area contributed by atoms with Crippen molar-refractivity contribution in [3.8, 4) is 11.5 Å². The minimum absolute atomic E-state index is 0.0167. The van der Waals surface area contributed by atoms with Gasteiger partial charge in [-0.3, -0.25) is 9.59 Å². The van der Waals surface area contributed by atoms with Crippen molar-refractivity contribution in [1.29, 1.82) is 0 Å². The van der Waals surface area contributed by atoms with Gasteiger partial charge in [-0.15, -0.1) is 11.3 Å². The highest BCUT2D eigenvalue weighted by Crippen LogP contribution is 2.32. The molecule has 0 aliphatic carbocycles. The third-order valence-electron chi connectivity index (χ3n) is 5.12. The molecule has 31 heavy (non-hydrogen) atoms. The fourth-order valence-corrected chi connectivity index (χ4v) is 3.86. The lowest BCUT2D eigenvalue weighted by Gasteiger charge is -2.27. The van der Waals surface area contributed by atoms with Gasteiger partial charge in [0.2, 0.25) is 6.79 Å². The van der Waals surface area contributed by atoms with Crippen LogP contribution in [-0.2, 0) is 13.1 Å². The topological polar surface area (TPSA) is 93.9 Å². The minimum atomic E-state index is -0.354. The number of rotatable bonds is 8. The number of hydrogen-bond donors (Lipinski definition) is 1. The largest absolute Gasteiger partial charge is 0.454 e. The van der Waals surface area contributed by atoms with Crippen LogP contribution >= 0.6 is 11.3 Å². The zero-order valence-corrected chi connectivity index (χ0v) is 18.1. The summed E-state index contributed by atoms with van der Waals surface area (Å²) in [4.78, 5) is 27.8. The standard InChI is InChI=1S/C22H23N3O5S/c1-3-14(2)25(22(27)20-5-4-8-31-20)12-16-10-17(24-30-16)21(26)23-11-15-6-7-18-19(9-15)29-13-28-18/h4-10,14H,3,11-13H2,1-2H3,(H,23,26). The van der Waals surface area contributed by atoms with Gasteiger partial charge in [0.25, 0.3) is 11.8 Å². The fourth-order valence-electron chi connectivity index (χ4n) is 3.18. The van der Waals surface area contributed by atoms with Crippen molar-refractivity contribution >= 4 is 23.2 Å². The van der Waals surface area contributed by atoms with E-state index in [-0.39, 0.29) is 36.9 Å². The van der Waals surface area contributed by atoms with E-state index in [1.54, 1.807) is 17.0 Å². The number of aromatic nitrogens is 1. The van der Waals surface area contributed by atoms with E-state index >= 15 is 0 Å². The molecule has 162 valence electrons. The van der Waals surface area contributed by atoms with E-state index in [0.717, 1.165) is 12.0 Å². The van der Waals surface area contributed by atoms with Gasteiger partial charge in [-0.05, 0) is 42.5 Å². The Labute approximate surface area is 183 Å².